The predicted octanol–water partition coefficient (Wildman–Crippen LogP) is 11.4. The second-order valence-electron chi connectivity index (χ2n) is 16.4. The number of hydrogen-bond donors (Lipinski definition) is 0. The van der Waals surface area contributed by atoms with Crippen molar-refractivity contribution < 1.29 is 0 Å². The molecule has 1 aliphatic heterocycles. The van der Waals surface area contributed by atoms with Gasteiger partial charge in [-0.2, -0.15) is 0 Å². The molecule has 5 heteroatoms. The first-order valence-electron chi connectivity index (χ1n) is 21.6. The molecule has 4 heterocycles. The number of rotatable bonds is 6. The van der Waals surface area contributed by atoms with Gasteiger partial charge in [0.2, 0.25) is 8.07 Å². The first-order valence-corrected chi connectivity index (χ1v) is 23.6. The van der Waals surface area contributed by atoms with Crippen LogP contribution in [0.15, 0.2) is 231 Å². The first-order chi connectivity index (χ1) is 31.3. The third kappa shape index (κ3) is 5.08. The molecule has 0 N–H and O–H groups in total. The summed E-state index contributed by atoms with van der Waals surface area (Å²) in [7, 11) is -2.98. The van der Waals surface area contributed by atoms with E-state index in [4.69, 9.17) is 9.97 Å². The monoisotopic (exact) mass is 818 g/mol. The summed E-state index contributed by atoms with van der Waals surface area (Å²) in [6.07, 6.45) is 0. The second kappa shape index (κ2) is 14.0. The SMILES string of the molecule is c1ccc(-c2nc(-c3ccccc3-n3c4ccccc4c4ccc5c(c6ccccc6n5-c5ccccc5)c43)nc3c2-c2ccccc2[Si]3(c2ccccc2)c2ccccc2)cc1. The largest absolute Gasteiger partial charge is 0.309 e. The first kappa shape index (κ1) is 35.6. The van der Waals surface area contributed by atoms with E-state index in [9.17, 15) is 0 Å². The third-order valence-electron chi connectivity index (χ3n) is 13.2. The smallest absolute Gasteiger partial charge is 0.203 e. The maximum atomic E-state index is 5.95. The van der Waals surface area contributed by atoms with Crippen LogP contribution < -0.4 is 20.9 Å². The molecule has 0 aliphatic carbocycles. The minimum atomic E-state index is -2.98. The van der Waals surface area contributed by atoms with Gasteiger partial charge < -0.3 is 9.13 Å². The van der Waals surface area contributed by atoms with E-state index < -0.39 is 8.07 Å². The quantitative estimate of drug-likeness (QED) is 0.157. The fourth-order valence-corrected chi connectivity index (χ4v) is 15.7. The van der Waals surface area contributed by atoms with Crippen LogP contribution in [0.2, 0.25) is 0 Å². The molecule has 0 spiro atoms. The van der Waals surface area contributed by atoms with Crippen LogP contribution in [0.25, 0.3) is 88.8 Å². The highest BCUT2D eigenvalue weighted by atomic mass is 28.3. The Morgan fingerprint density at radius 1 is 0.381 bits per heavy atom. The van der Waals surface area contributed by atoms with Gasteiger partial charge >= 0.3 is 0 Å². The van der Waals surface area contributed by atoms with Crippen LogP contribution >= 0.6 is 0 Å². The van der Waals surface area contributed by atoms with Crippen LogP contribution in [0, 0.1) is 0 Å². The van der Waals surface area contributed by atoms with Gasteiger partial charge in [-0.05, 0) is 63.6 Å². The second-order valence-corrected chi connectivity index (χ2v) is 20.1. The van der Waals surface area contributed by atoms with E-state index in [1.807, 2.05) is 0 Å². The van der Waals surface area contributed by atoms with Gasteiger partial charge in [-0.25, -0.2) is 9.97 Å². The van der Waals surface area contributed by atoms with E-state index in [1.165, 1.54) is 53.7 Å². The zero-order chi connectivity index (χ0) is 41.5. The topological polar surface area (TPSA) is 35.6 Å². The summed E-state index contributed by atoms with van der Waals surface area (Å²) in [6.45, 7) is 0. The number of nitrogens with zero attached hydrogens (tertiary/aromatic N) is 4. The molecule has 0 saturated carbocycles. The van der Waals surface area contributed by atoms with Crippen LogP contribution in [0.1, 0.15) is 0 Å². The van der Waals surface area contributed by atoms with E-state index in [2.05, 4.69) is 240 Å². The van der Waals surface area contributed by atoms with E-state index in [0.717, 1.165) is 50.1 Å². The molecular formula is C58H38N4Si. The Kier molecular flexibility index (Phi) is 7.89. The van der Waals surface area contributed by atoms with Crippen molar-refractivity contribution in [2.45, 2.75) is 0 Å². The minimum absolute atomic E-state index is 0.713. The van der Waals surface area contributed by atoms with Crippen molar-refractivity contribution in [2.75, 3.05) is 0 Å². The van der Waals surface area contributed by atoms with Crippen molar-refractivity contribution in [2.24, 2.45) is 0 Å². The highest BCUT2D eigenvalue weighted by Gasteiger charge is 2.51. The Morgan fingerprint density at radius 2 is 0.937 bits per heavy atom. The lowest BCUT2D eigenvalue weighted by Gasteiger charge is -2.30. The molecule has 294 valence electrons. The zero-order valence-corrected chi connectivity index (χ0v) is 35.2. The van der Waals surface area contributed by atoms with Gasteiger partial charge in [0.25, 0.3) is 0 Å². The van der Waals surface area contributed by atoms with Crippen molar-refractivity contribution in [1.29, 1.82) is 0 Å². The fourth-order valence-electron chi connectivity index (χ4n) is 10.7. The van der Waals surface area contributed by atoms with Gasteiger partial charge in [0.1, 0.15) is 0 Å². The Morgan fingerprint density at radius 3 is 1.65 bits per heavy atom. The molecule has 12 aromatic rings. The molecule has 0 amide bonds. The molecule has 63 heavy (non-hydrogen) atoms. The lowest BCUT2D eigenvalue weighted by atomic mass is 10.0. The normalized spacial score (nSPS) is 12.9. The molecule has 3 aromatic heterocycles. The van der Waals surface area contributed by atoms with Crippen LogP contribution in [0.3, 0.4) is 0 Å². The summed E-state index contributed by atoms with van der Waals surface area (Å²) in [5.74, 6) is 0.713. The van der Waals surface area contributed by atoms with Gasteiger partial charge in [0.15, 0.2) is 5.82 Å². The van der Waals surface area contributed by atoms with E-state index >= 15 is 0 Å². The van der Waals surface area contributed by atoms with Crippen molar-refractivity contribution in [3.05, 3.63) is 231 Å². The average Bonchev–Trinajstić information content (AvgIpc) is 3.99. The Bertz CT molecular complexity index is 3690. The van der Waals surface area contributed by atoms with Gasteiger partial charge in [0.05, 0.1) is 38.8 Å². The highest BCUT2D eigenvalue weighted by Crippen LogP contribution is 2.44. The summed E-state index contributed by atoms with van der Waals surface area (Å²) in [5, 5.41) is 9.91. The molecule has 0 radical (unpaired) electrons. The summed E-state index contributed by atoms with van der Waals surface area (Å²) >= 11 is 0. The zero-order valence-electron chi connectivity index (χ0n) is 34.2. The van der Waals surface area contributed by atoms with Crippen LogP contribution in [0.4, 0.5) is 0 Å². The number of aromatic nitrogens is 4. The van der Waals surface area contributed by atoms with Crippen LogP contribution in [-0.4, -0.2) is 27.2 Å². The van der Waals surface area contributed by atoms with Crippen molar-refractivity contribution in [1.82, 2.24) is 19.1 Å². The summed E-state index contributed by atoms with van der Waals surface area (Å²) in [6, 6.07) is 83.7. The lowest BCUT2D eigenvalue weighted by Crippen LogP contribution is -2.73. The third-order valence-corrected chi connectivity index (χ3v) is 17.9. The van der Waals surface area contributed by atoms with Gasteiger partial charge in [-0.1, -0.05) is 188 Å². The molecule has 0 saturated heterocycles. The molecule has 0 unspecified atom stereocenters. The van der Waals surface area contributed by atoms with Gasteiger partial charge in [-0.15, -0.1) is 0 Å². The maximum absolute atomic E-state index is 5.95. The van der Waals surface area contributed by atoms with Crippen LogP contribution in [0.5, 0.6) is 0 Å². The summed E-state index contributed by atoms with van der Waals surface area (Å²) in [5.41, 5.74) is 12.2. The van der Waals surface area contributed by atoms with E-state index in [1.54, 1.807) is 0 Å². The summed E-state index contributed by atoms with van der Waals surface area (Å²) < 4.78 is 4.89. The molecule has 4 nitrogen and oxygen atoms in total. The van der Waals surface area contributed by atoms with E-state index in [0.29, 0.717) is 5.82 Å². The Labute approximate surface area is 365 Å². The molecule has 0 bridgehead atoms. The standard InChI is InChI=1S/C58H38N4Si/c1-5-21-39(22-6-1)55-54-47-32-16-20-36-52(47)63(41-25-9-3-10-26-41,42-27-11-4-12-28-42)58(54)60-57(59-55)46-31-15-19-35-50(46)62-48-33-17-13-29-43(48)44-37-38-51-53(56(44)62)45-30-14-18-34-49(45)61(51)40-23-7-2-8-24-40/h1-38H. The number of fused-ring (bicyclic) bond motifs is 10. The lowest BCUT2D eigenvalue weighted by molar-refractivity contribution is 1.15. The number of benzene rings is 9. The Balaban J connectivity index is 1.17. The van der Waals surface area contributed by atoms with Gasteiger partial charge in [-0.3, -0.25) is 0 Å². The van der Waals surface area contributed by atoms with Crippen molar-refractivity contribution >= 4 is 72.6 Å². The highest BCUT2D eigenvalue weighted by molar-refractivity contribution is 7.21. The predicted molar refractivity (Wildman–Crippen MR) is 264 cm³/mol. The van der Waals surface area contributed by atoms with Crippen LogP contribution in [-0.2, 0) is 0 Å². The molecule has 13 rings (SSSR count). The van der Waals surface area contributed by atoms with E-state index in [-0.39, 0.29) is 0 Å². The summed E-state index contributed by atoms with van der Waals surface area (Å²) in [4.78, 5) is 11.7. The number of hydrogen-bond acceptors (Lipinski definition) is 2. The molecule has 0 fully saturated rings. The van der Waals surface area contributed by atoms with Gasteiger partial charge in [0, 0.05) is 43.9 Å². The molecular weight excluding hydrogens is 781 g/mol. The average molecular weight is 819 g/mol. The Hall–Kier alpha value is -8.12. The molecule has 0 atom stereocenters. The minimum Gasteiger partial charge on any atom is -0.309 e. The number of para-hydroxylation sites is 4. The van der Waals surface area contributed by atoms with Crippen molar-refractivity contribution in [3.63, 3.8) is 0 Å². The molecule has 1 aliphatic rings. The fraction of sp³-hybridized carbons (Fsp3) is 0. The van der Waals surface area contributed by atoms with Crippen molar-refractivity contribution in [3.8, 4) is 45.1 Å². The maximum Gasteiger partial charge on any atom is 0.203 e. The molecule has 9 aromatic carbocycles.